The lowest BCUT2D eigenvalue weighted by molar-refractivity contribution is -0.112. The first kappa shape index (κ1) is 14.4. The van der Waals surface area contributed by atoms with Crippen LogP contribution in [-0.4, -0.2) is 25.5 Å². The van der Waals surface area contributed by atoms with Gasteiger partial charge in [0.1, 0.15) is 17.7 Å². The maximum absolute atomic E-state index is 13.4. The number of ether oxygens (including phenoxy) is 1. The fraction of sp³-hybridized carbons (Fsp3) is 0.357. The standard InChI is InChI=1S/C14H18FNO2/c1-10(17)4-5-12-6-13(15)8-14(7-12)18-11(2)9-16-3/h4-8,11,16H,9H2,1-3H3/b5-4+/t11-/m1/s1. The second-order valence-electron chi connectivity index (χ2n) is 4.15. The van der Waals surface area contributed by atoms with Crippen LogP contribution in [0.5, 0.6) is 5.75 Å². The van der Waals surface area contributed by atoms with Crippen LogP contribution in [0.2, 0.25) is 0 Å². The minimum atomic E-state index is -0.382. The van der Waals surface area contributed by atoms with Gasteiger partial charge in [-0.2, -0.15) is 0 Å². The first-order valence-electron chi connectivity index (χ1n) is 5.81. The van der Waals surface area contributed by atoms with Crippen molar-refractivity contribution in [3.8, 4) is 5.75 Å². The molecule has 0 fully saturated rings. The van der Waals surface area contributed by atoms with Gasteiger partial charge in [-0.25, -0.2) is 4.39 Å². The van der Waals surface area contributed by atoms with Crippen molar-refractivity contribution in [3.05, 3.63) is 35.7 Å². The monoisotopic (exact) mass is 251 g/mol. The van der Waals surface area contributed by atoms with Crippen LogP contribution in [0.3, 0.4) is 0 Å². The highest BCUT2D eigenvalue weighted by Gasteiger charge is 2.05. The van der Waals surface area contributed by atoms with E-state index < -0.39 is 0 Å². The Bertz CT molecular complexity index is 443. The third-order valence-electron chi connectivity index (χ3n) is 2.23. The smallest absolute Gasteiger partial charge is 0.152 e. The van der Waals surface area contributed by atoms with Gasteiger partial charge in [0.2, 0.25) is 0 Å². The van der Waals surface area contributed by atoms with Crippen LogP contribution in [0, 0.1) is 5.82 Å². The van der Waals surface area contributed by atoms with E-state index in [0.29, 0.717) is 17.9 Å². The molecular formula is C14H18FNO2. The van der Waals surface area contributed by atoms with Crippen molar-refractivity contribution >= 4 is 11.9 Å². The summed E-state index contributed by atoms with van der Waals surface area (Å²) in [6, 6.07) is 4.39. The Morgan fingerprint density at radius 1 is 1.50 bits per heavy atom. The van der Waals surface area contributed by atoms with Crippen molar-refractivity contribution in [2.75, 3.05) is 13.6 Å². The Morgan fingerprint density at radius 2 is 2.22 bits per heavy atom. The van der Waals surface area contributed by atoms with Gasteiger partial charge in [0.25, 0.3) is 0 Å². The zero-order valence-corrected chi connectivity index (χ0v) is 10.9. The minimum Gasteiger partial charge on any atom is -0.489 e. The van der Waals surface area contributed by atoms with Crippen LogP contribution >= 0.6 is 0 Å². The Hall–Kier alpha value is -1.68. The molecule has 1 aromatic rings. The summed E-state index contributed by atoms with van der Waals surface area (Å²) in [6.07, 6.45) is 2.91. The van der Waals surface area contributed by atoms with E-state index in [9.17, 15) is 9.18 Å². The molecule has 0 aromatic heterocycles. The Morgan fingerprint density at radius 3 is 2.83 bits per heavy atom. The molecule has 0 radical (unpaired) electrons. The molecule has 0 unspecified atom stereocenters. The van der Waals surface area contributed by atoms with E-state index >= 15 is 0 Å². The van der Waals surface area contributed by atoms with Crippen molar-refractivity contribution in [3.63, 3.8) is 0 Å². The molecule has 0 aliphatic heterocycles. The van der Waals surface area contributed by atoms with Gasteiger partial charge in [0.15, 0.2) is 5.78 Å². The van der Waals surface area contributed by atoms with Crippen LogP contribution in [0.1, 0.15) is 19.4 Å². The minimum absolute atomic E-state index is 0.0542. The van der Waals surface area contributed by atoms with E-state index in [-0.39, 0.29) is 17.7 Å². The van der Waals surface area contributed by atoms with Crippen molar-refractivity contribution in [1.82, 2.24) is 5.32 Å². The number of carbonyl (C=O) groups excluding carboxylic acids is 1. The third-order valence-corrected chi connectivity index (χ3v) is 2.23. The van der Waals surface area contributed by atoms with Gasteiger partial charge in [0, 0.05) is 12.6 Å². The van der Waals surface area contributed by atoms with Crippen molar-refractivity contribution in [1.29, 1.82) is 0 Å². The van der Waals surface area contributed by atoms with Crippen molar-refractivity contribution in [2.24, 2.45) is 0 Å². The molecule has 0 aliphatic carbocycles. The van der Waals surface area contributed by atoms with E-state index in [0.717, 1.165) is 0 Å². The van der Waals surface area contributed by atoms with Crippen LogP contribution < -0.4 is 10.1 Å². The highest BCUT2D eigenvalue weighted by molar-refractivity contribution is 5.91. The summed E-state index contributed by atoms with van der Waals surface area (Å²) in [7, 11) is 1.83. The van der Waals surface area contributed by atoms with Gasteiger partial charge < -0.3 is 10.1 Å². The van der Waals surface area contributed by atoms with E-state index in [1.54, 1.807) is 12.1 Å². The SMILES string of the molecule is CNC[C@@H](C)Oc1cc(F)cc(/C=C/C(C)=O)c1. The van der Waals surface area contributed by atoms with E-state index in [1.165, 1.54) is 25.1 Å². The van der Waals surface area contributed by atoms with Gasteiger partial charge in [-0.3, -0.25) is 4.79 Å². The topological polar surface area (TPSA) is 38.3 Å². The zero-order chi connectivity index (χ0) is 13.5. The second-order valence-corrected chi connectivity index (χ2v) is 4.15. The summed E-state index contributed by atoms with van der Waals surface area (Å²) in [5.41, 5.74) is 0.608. The molecule has 0 saturated heterocycles. The molecule has 1 aromatic carbocycles. The summed E-state index contributed by atoms with van der Waals surface area (Å²) >= 11 is 0. The largest absolute Gasteiger partial charge is 0.489 e. The molecule has 1 rings (SSSR count). The highest BCUT2D eigenvalue weighted by Crippen LogP contribution is 2.18. The van der Waals surface area contributed by atoms with Gasteiger partial charge in [-0.15, -0.1) is 0 Å². The van der Waals surface area contributed by atoms with Gasteiger partial charge >= 0.3 is 0 Å². The predicted molar refractivity (Wildman–Crippen MR) is 70.1 cm³/mol. The number of nitrogens with one attached hydrogen (secondary N) is 1. The van der Waals surface area contributed by atoms with Gasteiger partial charge in [-0.1, -0.05) is 6.08 Å². The summed E-state index contributed by atoms with van der Waals surface area (Å²) in [5, 5.41) is 2.98. The molecule has 18 heavy (non-hydrogen) atoms. The molecule has 0 amide bonds. The molecule has 3 nitrogen and oxygen atoms in total. The van der Waals surface area contributed by atoms with Gasteiger partial charge in [0.05, 0.1) is 0 Å². The maximum Gasteiger partial charge on any atom is 0.152 e. The molecule has 98 valence electrons. The molecule has 0 heterocycles. The molecule has 0 spiro atoms. The van der Waals surface area contributed by atoms with Crippen LogP contribution in [0.15, 0.2) is 24.3 Å². The number of rotatable bonds is 6. The fourth-order valence-corrected chi connectivity index (χ4v) is 1.52. The summed E-state index contributed by atoms with van der Waals surface area (Å²) in [6.45, 7) is 4.02. The van der Waals surface area contributed by atoms with E-state index in [2.05, 4.69) is 5.32 Å². The van der Waals surface area contributed by atoms with Crippen LogP contribution in [0.25, 0.3) is 6.08 Å². The van der Waals surface area contributed by atoms with Crippen molar-refractivity contribution in [2.45, 2.75) is 20.0 Å². The van der Waals surface area contributed by atoms with E-state index in [4.69, 9.17) is 4.74 Å². The quantitative estimate of drug-likeness (QED) is 0.789. The highest BCUT2D eigenvalue weighted by atomic mass is 19.1. The van der Waals surface area contributed by atoms with Crippen LogP contribution in [0.4, 0.5) is 4.39 Å². The number of likely N-dealkylation sites (N-methyl/N-ethyl adjacent to an activating group) is 1. The number of carbonyl (C=O) groups is 1. The predicted octanol–water partition coefficient (Wildman–Crippen LogP) is 2.41. The van der Waals surface area contributed by atoms with Crippen LogP contribution in [-0.2, 0) is 4.79 Å². The third kappa shape index (κ3) is 5.10. The number of halogens is 1. The summed E-state index contributed by atoms with van der Waals surface area (Å²) in [4.78, 5) is 10.8. The lowest BCUT2D eigenvalue weighted by atomic mass is 10.2. The Kier molecular flexibility index (Phi) is 5.52. The molecule has 0 aliphatic rings. The second kappa shape index (κ2) is 6.91. The summed E-state index contributed by atoms with van der Waals surface area (Å²) in [5.74, 6) is -0.00130. The average Bonchev–Trinajstić information content (AvgIpc) is 2.25. The lowest BCUT2D eigenvalue weighted by Crippen LogP contribution is -2.26. The first-order valence-corrected chi connectivity index (χ1v) is 5.81. The Balaban J connectivity index is 2.83. The van der Waals surface area contributed by atoms with Gasteiger partial charge in [-0.05, 0) is 44.7 Å². The summed E-state index contributed by atoms with van der Waals surface area (Å²) < 4.78 is 18.9. The average molecular weight is 251 g/mol. The maximum atomic E-state index is 13.4. The Labute approximate surface area is 107 Å². The van der Waals surface area contributed by atoms with E-state index in [1.807, 2.05) is 14.0 Å². The number of ketones is 1. The molecule has 4 heteroatoms. The molecule has 0 saturated carbocycles. The fourth-order valence-electron chi connectivity index (χ4n) is 1.52. The normalized spacial score (nSPS) is 12.7. The lowest BCUT2D eigenvalue weighted by Gasteiger charge is -2.14. The van der Waals surface area contributed by atoms with Crippen molar-refractivity contribution < 1.29 is 13.9 Å². The zero-order valence-electron chi connectivity index (χ0n) is 10.9. The number of hydrogen-bond acceptors (Lipinski definition) is 3. The number of hydrogen-bond donors (Lipinski definition) is 1. The molecule has 1 N–H and O–H groups in total. The number of benzene rings is 1. The number of allylic oxidation sites excluding steroid dienone is 1. The molecule has 1 atom stereocenters. The molecule has 0 bridgehead atoms. The molecular weight excluding hydrogens is 233 g/mol. The first-order chi connectivity index (χ1) is 8.51.